The third kappa shape index (κ3) is 8.38. The summed E-state index contributed by atoms with van der Waals surface area (Å²) in [6.45, 7) is 0.384. The summed E-state index contributed by atoms with van der Waals surface area (Å²) in [6, 6.07) is 20.1. The molecule has 1 unspecified atom stereocenters. The zero-order chi connectivity index (χ0) is 28.5. The number of nitrogens with one attached hydrogen (secondary N) is 1. The number of halogens is 3. The van der Waals surface area contributed by atoms with Crippen molar-refractivity contribution in [3.63, 3.8) is 0 Å². The van der Waals surface area contributed by atoms with Crippen LogP contribution >= 0.6 is 11.6 Å². The van der Waals surface area contributed by atoms with E-state index in [9.17, 15) is 18.4 Å². The van der Waals surface area contributed by atoms with Crippen molar-refractivity contribution in [1.82, 2.24) is 9.80 Å². The van der Waals surface area contributed by atoms with Crippen molar-refractivity contribution in [2.45, 2.75) is 19.3 Å². The summed E-state index contributed by atoms with van der Waals surface area (Å²) in [5.41, 5.74) is 2.86. The van der Waals surface area contributed by atoms with Crippen LogP contribution in [-0.4, -0.2) is 68.2 Å². The van der Waals surface area contributed by atoms with Crippen molar-refractivity contribution in [3.8, 4) is 5.75 Å². The molecule has 11 heteroatoms. The van der Waals surface area contributed by atoms with E-state index in [0.717, 1.165) is 11.1 Å². The number of anilines is 1. The molecule has 0 aromatic heterocycles. The van der Waals surface area contributed by atoms with Crippen LogP contribution in [0.5, 0.6) is 5.75 Å². The molecule has 2 amide bonds. The smallest absolute Gasteiger partial charge is 0.387 e. The number of nitrogens with zero attached hydrogens (tertiary/aromatic N) is 2. The Morgan fingerprint density at radius 2 is 1.57 bits per heavy atom. The maximum Gasteiger partial charge on any atom is 0.387 e. The summed E-state index contributed by atoms with van der Waals surface area (Å²) >= 11 is 6.10. The maximum atomic E-state index is 12.7. The summed E-state index contributed by atoms with van der Waals surface area (Å²) in [7, 11) is 1.34. The van der Waals surface area contributed by atoms with E-state index in [1.165, 1.54) is 31.4 Å². The van der Waals surface area contributed by atoms with E-state index in [4.69, 9.17) is 21.1 Å². The van der Waals surface area contributed by atoms with Gasteiger partial charge in [0.1, 0.15) is 5.75 Å². The van der Waals surface area contributed by atoms with Gasteiger partial charge in [0.05, 0.1) is 25.4 Å². The molecule has 1 heterocycles. The Balaban J connectivity index is 1.31. The second kappa shape index (κ2) is 14.1. The van der Waals surface area contributed by atoms with Gasteiger partial charge in [0.15, 0.2) is 0 Å². The van der Waals surface area contributed by atoms with Gasteiger partial charge in [0, 0.05) is 43.4 Å². The van der Waals surface area contributed by atoms with Gasteiger partial charge in [-0.1, -0.05) is 35.9 Å². The minimum Gasteiger partial charge on any atom is -0.465 e. The van der Waals surface area contributed by atoms with Crippen LogP contribution in [0, 0.1) is 0 Å². The molecule has 1 saturated heterocycles. The van der Waals surface area contributed by atoms with Crippen molar-refractivity contribution in [2.24, 2.45) is 0 Å². The lowest BCUT2D eigenvalue weighted by molar-refractivity contribution is -0.0498. The van der Waals surface area contributed by atoms with Crippen LogP contribution in [0.3, 0.4) is 0 Å². The number of piperazine rings is 1. The van der Waals surface area contributed by atoms with Crippen LogP contribution in [0.4, 0.5) is 19.3 Å². The highest BCUT2D eigenvalue weighted by atomic mass is 35.5. The van der Waals surface area contributed by atoms with E-state index < -0.39 is 12.6 Å². The molecule has 40 heavy (non-hydrogen) atoms. The van der Waals surface area contributed by atoms with E-state index in [2.05, 4.69) is 15.0 Å². The Hall–Kier alpha value is -3.73. The SMILES string of the molecule is COC(=O)c1ccc(COC(CN2CCN(C(=O)Nc3ccc(OC(F)F)cc3)CC2)c2ccc(Cl)cc2)cc1. The number of carbonyl (C=O) groups excluding carboxylic acids is 2. The van der Waals surface area contributed by atoms with Gasteiger partial charge in [-0.3, -0.25) is 4.90 Å². The highest BCUT2D eigenvalue weighted by Crippen LogP contribution is 2.24. The normalized spacial score (nSPS) is 14.6. The van der Waals surface area contributed by atoms with Crippen molar-refractivity contribution >= 4 is 29.3 Å². The second-order valence-corrected chi connectivity index (χ2v) is 9.60. The van der Waals surface area contributed by atoms with E-state index in [1.54, 1.807) is 17.0 Å². The zero-order valence-electron chi connectivity index (χ0n) is 21.9. The Labute approximate surface area is 236 Å². The summed E-state index contributed by atoms with van der Waals surface area (Å²) in [5, 5.41) is 3.43. The van der Waals surface area contributed by atoms with E-state index in [0.29, 0.717) is 55.6 Å². The number of benzene rings is 3. The number of hydrogen-bond acceptors (Lipinski definition) is 6. The lowest BCUT2D eigenvalue weighted by atomic mass is 10.1. The molecule has 0 aliphatic carbocycles. The highest BCUT2D eigenvalue weighted by Gasteiger charge is 2.24. The zero-order valence-corrected chi connectivity index (χ0v) is 22.7. The van der Waals surface area contributed by atoms with Gasteiger partial charge in [-0.05, 0) is 59.7 Å². The van der Waals surface area contributed by atoms with Crippen LogP contribution < -0.4 is 10.1 Å². The van der Waals surface area contributed by atoms with E-state index >= 15 is 0 Å². The van der Waals surface area contributed by atoms with Gasteiger partial charge in [0.2, 0.25) is 0 Å². The van der Waals surface area contributed by atoms with Crippen LogP contribution in [0.25, 0.3) is 0 Å². The van der Waals surface area contributed by atoms with Crippen LogP contribution in [0.2, 0.25) is 5.02 Å². The molecule has 1 aliphatic heterocycles. The largest absolute Gasteiger partial charge is 0.465 e. The molecule has 1 aliphatic rings. The predicted molar refractivity (Wildman–Crippen MR) is 147 cm³/mol. The number of esters is 1. The fourth-order valence-corrected chi connectivity index (χ4v) is 4.40. The van der Waals surface area contributed by atoms with Gasteiger partial charge in [0.25, 0.3) is 0 Å². The number of urea groups is 1. The summed E-state index contributed by atoms with van der Waals surface area (Å²) in [6.07, 6.45) is -0.244. The second-order valence-electron chi connectivity index (χ2n) is 9.16. The fraction of sp³-hybridized carbons (Fsp3) is 0.310. The number of carbonyl (C=O) groups is 2. The molecule has 0 saturated carbocycles. The predicted octanol–water partition coefficient (Wildman–Crippen LogP) is 5.84. The molecule has 0 radical (unpaired) electrons. The van der Waals surface area contributed by atoms with Gasteiger partial charge >= 0.3 is 18.6 Å². The van der Waals surface area contributed by atoms with Gasteiger partial charge in [-0.25, -0.2) is 9.59 Å². The molecule has 4 rings (SSSR count). The first-order valence-electron chi connectivity index (χ1n) is 12.7. The van der Waals surface area contributed by atoms with Crippen molar-refractivity contribution in [3.05, 3.63) is 94.5 Å². The quantitative estimate of drug-likeness (QED) is 0.307. The average Bonchev–Trinajstić information content (AvgIpc) is 2.96. The summed E-state index contributed by atoms with van der Waals surface area (Å²) in [5.74, 6) is -0.367. The minimum absolute atomic E-state index is 0.0253. The lowest BCUT2D eigenvalue weighted by Crippen LogP contribution is -2.50. The minimum atomic E-state index is -2.90. The summed E-state index contributed by atoms with van der Waals surface area (Å²) < 4.78 is 40.1. The Kier molecular flexibility index (Phi) is 10.3. The first-order chi connectivity index (χ1) is 19.3. The third-order valence-electron chi connectivity index (χ3n) is 6.48. The number of rotatable bonds is 10. The van der Waals surface area contributed by atoms with Crippen molar-refractivity contribution < 1.29 is 32.6 Å². The third-order valence-corrected chi connectivity index (χ3v) is 6.73. The first-order valence-corrected chi connectivity index (χ1v) is 13.1. The molecule has 0 spiro atoms. The van der Waals surface area contributed by atoms with Gasteiger partial charge < -0.3 is 24.4 Å². The molecular formula is C29H30ClF2N3O5. The monoisotopic (exact) mass is 573 g/mol. The molecule has 1 N–H and O–H groups in total. The molecular weight excluding hydrogens is 544 g/mol. The van der Waals surface area contributed by atoms with E-state index in [1.807, 2.05) is 36.4 Å². The van der Waals surface area contributed by atoms with Crippen LogP contribution in [-0.2, 0) is 16.1 Å². The number of ether oxygens (including phenoxy) is 3. The standard InChI is InChI=1S/C29H30ClF2N3O5/c1-38-27(36)22-4-2-20(3-5-22)19-39-26(21-6-8-23(30)9-7-21)18-34-14-16-35(17-15-34)29(37)33-24-10-12-25(13-11-24)40-28(31)32/h2-13,26,28H,14-19H2,1H3,(H,33,37). The average molecular weight is 574 g/mol. The Morgan fingerprint density at radius 3 is 2.17 bits per heavy atom. The van der Waals surface area contributed by atoms with Crippen LogP contribution in [0.15, 0.2) is 72.8 Å². The topological polar surface area (TPSA) is 80.3 Å². The molecule has 1 fully saturated rings. The molecule has 3 aromatic rings. The number of hydrogen-bond donors (Lipinski definition) is 1. The van der Waals surface area contributed by atoms with Crippen LogP contribution in [0.1, 0.15) is 27.6 Å². The number of amides is 2. The Morgan fingerprint density at radius 1 is 0.925 bits per heavy atom. The molecule has 8 nitrogen and oxygen atoms in total. The van der Waals surface area contributed by atoms with Crippen molar-refractivity contribution in [1.29, 1.82) is 0 Å². The molecule has 212 valence electrons. The van der Waals surface area contributed by atoms with E-state index in [-0.39, 0.29) is 17.9 Å². The van der Waals surface area contributed by atoms with Gasteiger partial charge in [-0.2, -0.15) is 8.78 Å². The highest BCUT2D eigenvalue weighted by molar-refractivity contribution is 6.30. The van der Waals surface area contributed by atoms with Gasteiger partial charge in [-0.15, -0.1) is 0 Å². The molecule has 3 aromatic carbocycles. The molecule has 0 bridgehead atoms. The lowest BCUT2D eigenvalue weighted by Gasteiger charge is -2.36. The number of alkyl halides is 2. The Bertz CT molecular complexity index is 1250. The maximum absolute atomic E-state index is 12.7. The molecule has 1 atom stereocenters. The van der Waals surface area contributed by atoms with Crippen molar-refractivity contribution in [2.75, 3.05) is 45.2 Å². The number of methoxy groups -OCH3 is 1. The summed E-state index contributed by atoms with van der Waals surface area (Å²) in [4.78, 5) is 28.4. The fourth-order valence-electron chi connectivity index (χ4n) is 4.27. The first kappa shape index (κ1) is 29.3.